The van der Waals surface area contributed by atoms with E-state index in [-0.39, 0.29) is 34.2 Å². The third kappa shape index (κ3) is 4.50. The minimum Gasteiger partial charge on any atom is -0.377 e. The summed E-state index contributed by atoms with van der Waals surface area (Å²) in [5.74, 6) is -1.20. The molecular weight excluding hydrogens is 445 g/mol. The molecular formula is C25H29ClFN3O3. The number of likely N-dealkylation sites (tertiary alicyclic amines) is 1. The highest BCUT2D eigenvalue weighted by Crippen LogP contribution is 2.41. The van der Waals surface area contributed by atoms with E-state index in [0.29, 0.717) is 13.1 Å². The Morgan fingerprint density at radius 1 is 1.27 bits per heavy atom. The quantitative estimate of drug-likeness (QED) is 0.639. The number of carbonyl (C=O) groups is 2. The fraction of sp³-hybridized carbons (Fsp3) is 0.440. The standard InChI is InChI=1S/C25H29ClFN3O3/c1-15(2)17-6-4-5-7-19(17)25(13-30(14-25)12-16-8-9-33-16)24(32)29-22-11-21(27)20(26)10-18(22)23(31)28-3/h4-7,10-11,15-16H,8-9,12-14H2,1-3H3,(H,28,31)(H,29,32). The van der Waals surface area contributed by atoms with Gasteiger partial charge in [-0.15, -0.1) is 0 Å². The van der Waals surface area contributed by atoms with E-state index in [1.54, 1.807) is 0 Å². The number of amides is 2. The monoisotopic (exact) mass is 473 g/mol. The van der Waals surface area contributed by atoms with Crippen LogP contribution in [0.1, 0.15) is 47.7 Å². The van der Waals surface area contributed by atoms with Crippen molar-refractivity contribution in [3.63, 3.8) is 0 Å². The molecule has 1 unspecified atom stereocenters. The Hall–Kier alpha value is -2.48. The van der Waals surface area contributed by atoms with Gasteiger partial charge in [0.2, 0.25) is 5.91 Å². The molecule has 1 atom stereocenters. The Labute approximate surface area is 198 Å². The van der Waals surface area contributed by atoms with Crippen LogP contribution in [-0.2, 0) is 14.9 Å². The molecule has 2 aromatic carbocycles. The number of carbonyl (C=O) groups excluding carboxylic acids is 2. The molecule has 2 saturated heterocycles. The van der Waals surface area contributed by atoms with E-state index in [1.165, 1.54) is 13.1 Å². The van der Waals surface area contributed by atoms with Crippen molar-refractivity contribution in [1.82, 2.24) is 10.2 Å². The van der Waals surface area contributed by atoms with Crippen LogP contribution >= 0.6 is 11.6 Å². The van der Waals surface area contributed by atoms with Crippen molar-refractivity contribution in [1.29, 1.82) is 0 Å². The number of anilines is 1. The van der Waals surface area contributed by atoms with Crippen molar-refractivity contribution in [3.8, 4) is 0 Å². The average Bonchev–Trinajstić information content (AvgIpc) is 2.73. The van der Waals surface area contributed by atoms with Crippen LogP contribution in [0.15, 0.2) is 36.4 Å². The smallest absolute Gasteiger partial charge is 0.253 e. The molecule has 2 N–H and O–H groups in total. The summed E-state index contributed by atoms with van der Waals surface area (Å²) in [6, 6.07) is 10.3. The summed E-state index contributed by atoms with van der Waals surface area (Å²) in [5.41, 5.74) is 1.45. The minimum atomic E-state index is -0.819. The van der Waals surface area contributed by atoms with Gasteiger partial charge in [0.25, 0.3) is 5.91 Å². The second-order valence-electron chi connectivity index (χ2n) is 9.12. The minimum absolute atomic E-state index is 0.100. The van der Waals surface area contributed by atoms with Gasteiger partial charge in [-0.2, -0.15) is 0 Å². The van der Waals surface area contributed by atoms with Gasteiger partial charge in [-0.25, -0.2) is 4.39 Å². The molecule has 2 aromatic rings. The first-order valence-electron chi connectivity index (χ1n) is 11.2. The molecule has 8 heteroatoms. The maximum atomic E-state index is 14.3. The maximum Gasteiger partial charge on any atom is 0.253 e. The zero-order valence-corrected chi connectivity index (χ0v) is 19.8. The first-order chi connectivity index (χ1) is 15.7. The van der Waals surface area contributed by atoms with E-state index in [4.69, 9.17) is 16.3 Å². The summed E-state index contributed by atoms with van der Waals surface area (Å²) < 4.78 is 19.8. The molecule has 2 aliphatic rings. The molecule has 2 amide bonds. The number of hydrogen-bond donors (Lipinski definition) is 2. The van der Waals surface area contributed by atoms with Crippen LogP contribution in [0.2, 0.25) is 5.02 Å². The number of benzene rings is 2. The Balaban J connectivity index is 1.68. The zero-order chi connectivity index (χ0) is 23.8. The van der Waals surface area contributed by atoms with E-state index in [0.717, 1.165) is 36.8 Å². The lowest BCUT2D eigenvalue weighted by Crippen LogP contribution is -2.66. The van der Waals surface area contributed by atoms with Crippen LogP contribution in [-0.4, -0.2) is 56.1 Å². The molecule has 176 valence electrons. The molecule has 2 heterocycles. The molecule has 0 saturated carbocycles. The summed E-state index contributed by atoms with van der Waals surface area (Å²) >= 11 is 5.90. The van der Waals surface area contributed by atoms with Gasteiger partial charge in [-0.3, -0.25) is 14.5 Å². The Kier molecular flexibility index (Phi) is 6.75. The summed E-state index contributed by atoms with van der Waals surface area (Å²) in [6.07, 6.45) is 1.23. The second-order valence-corrected chi connectivity index (χ2v) is 9.53. The summed E-state index contributed by atoms with van der Waals surface area (Å²) in [7, 11) is 1.47. The molecule has 0 aromatic heterocycles. The number of hydrogen-bond acceptors (Lipinski definition) is 4. The Morgan fingerprint density at radius 2 is 1.97 bits per heavy atom. The lowest BCUT2D eigenvalue weighted by Gasteiger charge is -2.51. The van der Waals surface area contributed by atoms with E-state index in [2.05, 4.69) is 29.4 Å². The van der Waals surface area contributed by atoms with Gasteiger partial charge in [0.1, 0.15) is 5.82 Å². The van der Waals surface area contributed by atoms with Crippen molar-refractivity contribution >= 4 is 29.1 Å². The number of halogens is 2. The predicted molar refractivity (Wildman–Crippen MR) is 126 cm³/mol. The van der Waals surface area contributed by atoms with Gasteiger partial charge in [0.05, 0.1) is 27.8 Å². The van der Waals surface area contributed by atoms with E-state index >= 15 is 0 Å². The normalized spacial score (nSPS) is 19.5. The van der Waals surface area contributed by atoms with Crippen LogP contribution in [0, 0.1) is 5.82 Å². The highest BCUT2D eigenvalue weighted by molar-refractivity contribution is 6.31. The zero-order valence-electron chi connectivity index (χ0n) is 19.1. The van der Waals surface area contributed by atoms with Gasteiger partial charge < -0.3 is 15.4 Å². The molecule has 0 spiro atoms. The molecule has 6 nitrogen and oxygen atoms in total. The molecule has 0 radical (unpaired) electrons. The van der Waals surface area contributed by atoms with Crippen LogP contribution in [0.3, 0.4) is 0 Å². The maximum absolute atomic E-state index is 14.3. The average molecular weight is 474 g/mol. The van der Waals surface area contributed by atoms with Crippen molar-refractivity contribution in [2.45, 2.75) is 37.7 Å². The summed E-state index contributed by atoms with van der Waals surface area (Å²) in [5, 5.41) is 5.18. The fourth-order valence-corrected chi connectivity index (χ4v) is 4.81. The van der Waals surface area contributed by atoms with Crippen LogP contribution in [0.25, 0.3) is 0 Å². The van der Waals surface area contributed by atoms with Gasteiger partial charge >= 0.3 is 0 Å². The van der Waals surface area contributed by atoms with Gasteiger partial charge in [-0.1, -0.05) is 49.7 Å². The third-order valence-corrected chi connectivity index (χ3v) is 6.85. The molecule has 33 heavy (non-hydrogen) atoms. The van der Waals surface area contributed by atoms with E-state index < -0.39 is 17.1 Å². The predicted octanol–water partition coefficient (Wildman–Crippen LogP) is 3.94. The lowest BCUT2D eigenvalue weighted by molar-refractivity contribution is -0.132. The van der Waals surface area contributed by atoms with E-state index in [1.807, 2.05) is 24.3 Å². The fourth-order valence-electron chi connectivity index (χ4n) is 4.65. The van der Waals surface area contributed by atoms with Gasteiger partial charge in [0, 0.05) is 33.3 Å². The number of rotatable bonds is 7. The molecule has 0 bridgehead atoms. The first kappa shape index (κ1) is 23.7. The first-order valence-corrected chi connectivity index (χ1v) is 11.6. The highest BCUT2D eigenvalue weighted by Gasteiger charge is 2.52. The van der Waals surface area contributed by atoms with Gasteiger partial charge in [0.15, 0.2) is 0 Å². The molecule has 2 aliphatic heterocycles. The van der Waals surface area contributed by atoms with Crippen LogP contribution in [0.5, 0.6) is 0 Å². The van der Waals surface area contributed by atoms with Gasteiger partial charge in [-0.05, 0) is 35.6 Å². The van der Waals surface area contributed by atoms with Crippen molar-refractivity contribution in [3.05, 3.63) is 63.9 Å². The van der Waals surface area contributed by atoms with E-state index in [9.17, 15) is 14.0 Å². The lowest BCUT2D eigenvalue weighted by atomic mass is 9.69. The molecule has 2 fully saturated rings. The Morgan fingerprint density at radius 3 is 2.58 bits per heavy atom. The van der Waals surface area contributed by atoms with Crippen molar-refractivity contribution in [2.24, 2.45) is 0 Å². The number of nitrogens with one attached hydrogen (secondary N) is 2. The third-order valence-electron chi connectivity index (χ3n) is 6.56. The topological polar surface area (TPSA) is 70.7 Å². The molecule has 0 aliphatic carbocycles. The largest absolute Gasteiger partial charge is 0.377 e. The van der Waals surface area contributed by atoms with Crippen LogP contribution in [0.4, 0.5) is 10.1 Å². The van der Waals surface area contributed by atoms with Crippen molar-refractivity contribution in [2.75, 3.05) is 38.6 Å². The molecule has 4 rings (SSSR count). The number of ether oxygens (including phenoxy) is 1. The SMILES string of the molecule is CNC(=O)c1cc(Cl)c(F)cc1NC(=O)C1(c2ccccc2C(C)C)CN(CC2CCO2)C1. The summed E-state index contributed by atoms with van der Waals surface area (Å²) in [6.45, 7) is 6.80. The highest BCUT2D eigenvalue weighted by atomic mass is 35.5. The second kappa shape index (κ2) is 9.41. The number of nitrogens with zero attached hydrogens (tertiary/aromatic N) is 1. The van der Waals surface area contributed by atoms with Crippen molar-refractivity contribution < 1.29 is 18.7 Å². The van der Waals surface area contributed by atoms with Crippen LogP contribution < -0.4 is 10.6 Å². The summed E-state index contributed by atoms with van der Waals surface area (Å²) in [4.78, 5) is 28.4. The Bertz CT molecular complexity index is 1060.